The minimum atomic E-state index is -1.08. The van der Waals surface area contributed by atoms with E-state index in [2.05, 4.69) is 5.32 Å². The Morgan fingerprint density at radius 2 is 1.84 bits per heavy atom. The summed E-state index contributed by atoms with van der Waals surface area (Å²) in [7, 11) is 0. The molecule has 0 bridgehead atoms. The highest BCUT2D eigenvalue weighted by atomic mass is 19.2. The molecule has 0 saturated carbocycles. The van der Waals surface area contributed by atoms with Gasteiger partial charge in [0.25, 0.3) is 0 Å². The number of fused-ring (bicyclic) bond motifs is 2. The van der Waals surface area contributed by atoms with Gasteiger partial charge in [0.05, 0.1) is 5.69 Å². The van der Waals surface area contributed by atoms with E-state index in [4.69, 9.17) is 9.47 Å². The first-order valence-corrected chi connectivity index (χ1v) is 8.07. The summed E-state index contributed by atoms with van der Waals surface area (Å²) in [6.45, 7) is 5.89. The first kappa shape index (κ1) is 17.4. The molecule has 8 heteroatoms. The molecule has 3 rings (SSSR count). The van der Waals surface area contributed by atoms with Crippen LogP contribution in [0.1, 0.15) is 39.2 Å². The lowest BCUT2D eigenvalue weighted by molar-refractivity contribution is -0.0440. The quantitative estimate of drug-likeness (QED) is 0.770. The molecule has 25 heavy (non-hydrogen) atoms. The zero-order valence-corrected chi connectivity index (χ0v) is 14.3. The zero-order chi connectivity index (χ0) is 18.4. The molecule has 136 valence electrons. The van der Waals surface area contributed by atoms with Gasteiger partial charge in [0.2, 0.25) is 0 Å². The molecular formula is C17H20F2N2O4. The molecule has 1 spiro atoms. The normalized spacial score (nSPS) is 19.1. The number of amides is 2. The van der Waals surface area contributed by atoms with Crippen molar-refractivity contribution in [2.24, 2.45) is 0 Å². The number of benzene rings is 1. The van der Waals surface area contributed by atoms with Gasteiger partial charge in [-0.2, -0.15) is 0 Å². The number of hydrogen-bond donors (Lipinski definition) is 1. The zero-order valence-electron chi connectivity index (χ0n) is 14.3. The minimum Gasteiger partial charge on any atom is -0.444 e. The summed E-state index contributed by atoms with van der Waals surface area (Å²) in [6, 6.07) is 2.00. The number of rotatable bonds is 0. The van der Waals surface area contributed by atoms with Crippen molar-refractivity contribution >= 4 is 17.9 Å². The highest BCUT2D eigenvalue weighted by Crippen LogP contribution is 2.44. The molecule has 2 aliphatic heterocycles. The first-order valence-electron chi connectivity index (χ1n) is 8.07. The van der Waals surface area contributed by atoms with E-state index in [1.54, 1.807) is 20.8 Å². The van der Waals surface area contributed by atoms with E-state index in [0.717, 1.165) is 12.1 Å². The Hall–Kier alpha value is -2.38. The number of halogens is 2. The molecule has 1 aromatic rings. The van der Waals surface area contributed by atoms with Crippen LogP contribution in [0.4, 0.5) is 24.1 Å². The summed E-state index contributed by atoms with van der Waals surface area (Å²) < 4.78 is 38.0. The van der Waals surface area contributed by atoms with Crippen LogP contribution in [0.3, 0.4) is 0 Å². The lowest BCUT2D eigenvalue weighted by Crippen LogP contribution is -2.50. The molecule has 2 amide bonds. The van der Waals surface area contributed by atoms with E-state index < -0.39 is 35.0 Å². The van der Waals surface area contributed by atoms with Crippen LogP contribution in [0, 0.1) is 11.6 Å². The van der Waals surface area contributed by atoms with Crippen molar-refractivity contribution in [1.82, 2.24) is 4.90 Å². The average molecular weight is 354 g/mol. The van der Waals surface area contributed by atoms with Crippen molar-refractivity contribution in [1.29, 1.82) is 0 Å². The number of ether oxygens (including phenoxy) is 2. The molecule has 0 atom stereocenters. The van der Waals surface area contributed by atoms with Crippen LogP contribution in [-0.4, -0.2) is 35.8 Å². The largest absolute Gasteiger partial charge is 0.444 e. The Kier molecular flexibility index (Phi) is 4.09. The smallest absolute Gasteiger partial charge is 0.412 e. The predicted molar refractivity (Wildman–Crippen MR) is 85.2 cm³/mol. The second-order valence-corrected chi connectivity index (χ2v) is 7.29. The number of likely N-dealkylation sites (tertiary alicyclic amines) is 1. The molecule has 0 aliphatic carbocycles. The molecule has 1 N–H and O–H groups in total. The van der Waals surface area contributed by atoms with Crippen molar-refractivity contribution in [2.75, 3.05) is 18.4 Å². The van der Waals surface area contributed by atoms with Gasteiger partial charge < -0.3 is 14.4 Å². The topological polar surface area (TPSA) is 67.9 Å². The van der Waals surface area contributed by atoms with Crippen LogP contribution in [0.25, 0.3) is 0 Å². The highest BCUT2D eigenvalue weighted by Gasteiger charge is 2.46. The fraction of sp³-hybridized carbons (Fsp3) is 0.529. The third kappa shape index (κ3) is 3.38. The summed E-state index contributed by atoms with van der Waals surface area (Å²) >= 11 is 0. The van der Waals surface area contributed by atoms with Gasteiger partial charge in [-0.1, -0.05) is 0 Å². The van der Waals surface area contributed by atoms with Gasteiger partial charge >= 0.3 is 12.2 Å². The molecule has 0 unspecified atom stereocenters. The molecule has 1 aromatic carbocycles. The van der Waals surface area contributed by atoms with E-state index in [-0.39, 0.29) is 31.6 Å². The fourth-order valence-electron chi connectivity index (χ4n) is 3.14. The SMILES string of the molecule is CC(C)(C)OC(=O)N1CCC2(CC1)OC(=O)Nc1cc(F)c(F)cc12. The summed E-state index contributed by atoms with van der Waals surface area (Å²) in [5, 5.41) is 2.39. The Bertz CT molecular complexity index is 722. The molecule has 1 saturated heterocycles. The van der Waals surface area contributed by atoms with Crippen molar-refractivity contribution in [3.05, 3.63) is 29.3 Å². The molecule has 6 nitrogen and oxygen atoms in total. The summed E-state index contributed by atoms with van der Waals surface area (Å²) in [5.41, 5.74) is -1.11. The summed E-state index contributed by atoms with van der Waals surface area (Å²) in [6.07, 6.45) is -0.618. The second kappa shape index (κ2) is 5.86. The van der Waals surface area contributed by atoms with Crippen molar-refractivity contribution < 1.29 is 27.8 Å². The maximum atomic E-state index is 13.7. The summed E-state index contributed by atoms with van der Waals surface area (Å²) in [4.78, 5) is 25.5. The number of carbonyl (C=O) groups excluding carboxylic acids is 2. The maximum absolute atomic E-state index is 13.7. The number of nitrogens with zero attached hydrogens (tertiary/aromatic N) is 1. The van der Waals surface area contributed by atoms with Gasteiger partial charge in [0.1, 0.15) is 11.2 Å². The lowest BCUT2D eigenvalue weighted by Gasteiger charge is -2.44. The van der Waals surface area contributed by atoms with Gasteiger partial charge in [-0.3, -0.25) is 5.32 Å². The van der Waals surface area contributed by atoms with Crippen LogP contribution < -0.4 is 5.32 Å². The van der Waals surface area contributed by atoms with Crippen LogP contribution in [-0.2, 0) is 15.1 Å². The van der Waals surface area contributed by atoms with E-state index >= 15 is 0 Å². The number of anilines is 1. The molecule has 0 radical (unpaired) electrons. The monoisotopic (exact) mass is 354 g/mol. The van der Waals surface area contributed by atoms with Crippen LogP contribution in [0.15, 0.2) is 12.1 Å². The minimum absolute atomic E-state index is 0.195. The average Bonchev–Trinajstić information content (AvgIpc) is 2.48. The van der Waals surface area contributed by atoms with Gasteiger partial charge in [-0.25, -0.2) is 18.4 Å². The van der Waals surface area contributed by atoms with Gasteiger partial charge in [0, 0.05) is 37.6 Å². The van der Waals surface area contributed by atoms with E-state index in [9.17, 15) is 18.4 Å². The number of nitrogens with one attached hydrogen (secondary N) is 1. The second-order valence-electron chi connectivity index (χ2n) is 7.29. The standard InChI is InChI=1S/C17H20F2N2O4/c1-16(2,3)25-15(23)21-6-4-17(5-7-21)10-8-11(18)12(19)9-13(10)20-14(22)24-17/h8-9H,4-7H2,1-3H3,(H,20,22). The van der Waals surface area contributed by atoms with E-state index in [1.165, 1.54) is 4.90 Å². The third-order valence-corrected chi connectivity index (χ3v) is 4.30. The lowest BCUT2D eigenvalue weighted by atomic mass is 9.82. The highest BCUT2D eigenvalue weighted by molar-refractivity contribution is 5.89. The van der Waals surface area contributed by atoms with Crippen molar-refractivity contribution in [2.45, 2.75) is 44.8 Å². The van der Waals surface area contributed by atoms with Crippen LogP contribution in [0.5, 0.6) is 0 Å². The van der Waals surface area contributed by atoms with Gasteiger partial charge in [-0.15, -0.1) is 0 Å². The van der Waals surface area contributed by atoms with E-state index in [1.807, 2.05) is 0 Å². The third-order valence-electron chi connectivity index (χ3n) is 4.30. The van der Waals surface area contributed by atoms with Crippen molar-refractivity contribution in [3.8, 4) is 0 Å². The first-order chi connectivity index (χ1) is 11.6. The summed E-state index contributed by atoms with van der Waals surface area (Å²) in [5.74, 6) is -2.05. The molecule has 0 aromatic heterocycles. The van der Waals surface area contributed by atoms with E-state index in [0.29, 0.717) is 5.56 Å². The number of hydrogen-bond acceptors (Lipinski definition) is 4. The number of piperidine rings is 1. The fourth-order valence-corrected chi connectivity index (χ4v) is 3.14. The predicted octanol–water partition coefficient (Wildman–Crippen LogP) is 3.75. The van der Waals surface area contributed by atoms with Crippen LogP contribution >= 0.6 is 0 Å². The Morgan fingerprint density at radius 3 is 2.44 bits per heavy atom. The van der Waals surface area contributed by atoms with Gasteiger partial charge in [-0.05, 0) is 26.8 Å². The number of carbonyl (C=O) groups is 2. The maximum Gasteiger partial charge on any atom is 0.412 e. The Labute approximate surface area is 144 Å². The van der Waals surface area contributed by atoms with Crippen LogP contribution in [0.2, 0.25) is 0 Å². The molecule has 2 aliphatic rings. The molecule has 2 heterocycles. The Balaban J connectivity index is 1.82. The molecule has 1 fully saturated rings. The van der Waals surface area contributed by atoms with Crippen molar-refractivity contribution in [3.63, 3.8) is 0 Å². The molecular weight excluding hydrogens is 334 g/mol. The Morgan fingerprint density at radius 1 is 1.24 bits per heavy atom. The van der Waals surface area contributed by atoms with Gasteiger partial charge in [0.15, 0.2) is 11.6 Å².